The van der Waals surface area contributed by atoms with Gasteiger partial charge in [-0.3, -0.25) is 9.59 Å². The first-order valence-electron chi connectivity index (χ1n) is 11.2. The highest BCUT2D eigenvalue weighted by atomic mass is 16.5. The van der Waals surface area contributed by atoms with Crippen LogP contribution in [0, 0.1) is 10.8 Å². The van der Waals surface area contributed by atoms with E-state index in [2.05, 4.69) is 13.8 Å². The molecule has 2 N–H and O–H groups in total. The number of carbonyl (C=O) groups excluding carboxylic acids is 1. The Kier molecular flexibility index (Phi) is 11.7. The van der Waals surface area contributed by atoms with Gasteiger partial charge in [-0.25, -0.2) is 0 Å². The maximum Gasteiger partial charge on any atom is 0.303 e. The van der Waals surface area contributed by atoms with Crippen molar-refractivity contribution in [1.82, 2.24) is 0 Å². The smallest absolute Gasteiger partial charge is 0.303 e. The molecule has 1 aliphatic rings. The van der Waals surface area contributed by atoms with Gasteiger partial charge in [-0.1, -0.05) is 52.4 Å². The van der Waals surface area contributed by atoms with Gasteiger partial charge in [0.2, 0.25) is 0 Å². The van der Waals surface area contributed by atoms with Crippen molar-refractivity contribution in [1.29, 1.82) is 0 Å². The molecular weight excluding hydrogens is 356 g/mol. The molecule has 1 atom stereocenters. The quantitative estimate of drug-likeness (QED) is 0.222. The van der Waals surface area contributed by atoms with Crippen molar-refractivity contribution in [2.24, 2.45) is 10.8 Å². The third kappa shape index (κ3) is 12.4. The Morgan fingerprint density at radius 2 is 1.68 bits per heavy atom. The summed E-state index contributed by atoms with van der Waals surface area (Å²) in [6.45, 7) is 5.43. The van der Waals surface area contributed by atoms with Crippen molar-refractivity contribution in [3.63, 3.8) is 0 Å². The summed E-state index contributed by atoms with van der Waals surface area (Å²) in [6, 6.07) is 0. The monoisotopic (exact) mass is 398 g/mol. The number of carbonyl (C=O) groups is 2. The van der Waals surface area contributed by atoms with Gasteiger partial charge in [0.25, 0.3) is 6.47 Å². The van der Waals surface area contributed by atoms with E-state index in [4.69, 9.17) is 9.84 Å². The maximum atomic E-state index is 10.7. The van der Waals surface area contributed by atoms with E-state index in [0.717, 1.165) is 77.0 Å². The molecule has 0 aromatic heterocycles. The largest absolute Gasteiger partial charge is 0.481 e. The Labute approximate surface area is 171 Å². The van der Waals surface area contributed by atoms with Gasteiger partial charge in [-0.2, -0.15) is 0 Å². The van der Waals surface area contributed by atoms with Crippen LogP contribution < -0.4 is 0 Å². The Morgan fingerprint density at radius 3 is 2.25 bits per heavy atom. The van der Waals surface area contributed by atoms with Crippen molar-refractivity contribution in [3.05, 3.63) is 0 Å². The average Bonchev–Trinajstić information content (AvgIpc) is 3.40. The van der Waals surface area contributed by atoms with Crippen LogP contribution in [0.15, 0.2) is 0 Å². The van der Waals surface area contributed by atoms with Gasteiger partial charge >= 0.3 is 5.97 Å². The van der Waals surface area contributed by atoms with E-state index >= 15 is 0 Å². The summed E-state index contributed by atoms with van der Waals surface area (Å²) in [5, 5.41) is 19.0. The van der Waals surface area contributed by atoms with Crippen molar-refractivity contribution < 1.29 is 24.5 Å². The van der Waals surface area contributed by atoms with Crippen LogP contribution in [0.5, 0.6) is 0 Å². The molecule has 1 fully saturated rings. The van der Waals surface area contributed by atoms with Gasteiger partial charge in [0.05, 0.1) is 12.7 Å². The number of unbranched alkanes of at least 4 members (excludes halogenated alkanes) is 4. The van der Waals surface area contributed by atoms with E-state index in [1.807, 2.05) is 0 Å². The second kappa shape index (κ2) is 13.2. The Morgan fingerprint density at radius 1 is 1.04 bits per heavy atom. The predicted molar refractivity (Wildman–Crippen MR) is 111 cm³/mol. The van der Waals surface area contributed by atoms with Gasteiger partial charge in [0.15, 0.2) is 0 Å². The fraction of sp³-hybridized carbons (Fsp3) is 0.913. The summed E-state index contributed by atoms with van der Waals surface area (Å²) in [5.74, 6) is -0.676. The summed E-state index contributed by atoms with van der Waals surface area (Å²) in [7, 11) is 0. The van der Waals surface area contributed by atoms with E-state index in [-0.39, 0.29) is 11.5 Å². The molecule has 0 spiro atoms. The highest BCUT2D eigenvalue weighted by Gasteiger charge is 2.41. The standard InChI is InChI=1S/C23H42O5/c1-22(2,17-18-28-19-24)12-7-3-5-9-20(25)10-6-4-8-13-23(15-16-23)14-11-21(26)27/h19-20,25H,3-18H2,1-2H3,(H,26,27). The van der Waals surface area contributed by atoms with Gasteiger partial charge in [0, 0.05) is 6.42 Å². The molecule has 1 saturated carbocycles. The number of hydrogen-bond acceptors (Lipinski definition) is 4. The normalized spacial score (nSPS) is 16.5. The molecule has 5 nitrogen and oxygen atoms in total. The van der Waals surface area contributed by atoms with Crippen LogP contribution in [0.25, 0.3) is 0 Å². The van der Waals surface area contributed by atoms with E-state index in [1.165, 1.54) is 12.8 Å². The number of aliphatic hydroxyl groups excluding tert-OH is 1. The summed E-state index contributed by atoms with van der Waals surface area (Å²) in [6.07, 6.45) is 15.0. The van der Waals surface area contributed by atoms with Gasteiger partial charge < -0.3 is 14.9 Å². The number of carboxylic acid groups (broad SMARTS) is 1. The van der Waals surface area contributed by atoms with Crippen LogP contribution in [-0.2, 0) is 14.3 Å². The van der Waals surface area contributed by atoms with Crippen molar-refractivity contribution in [2.75, 3.05) is 6.61 Å². The van der Waals surface area contributed by atoms with E-state index < -0.39 is 5.97 Å². The third-order valence-electron chi connectivity index (χ3n) is 6.43. The lowest BCUT2D eigenvalue weighted by atomic mass is 9.84. The molecule has 1 rings (SSSR count). The van der Waals surface area contributed by atoms with Gasteiger partial charge in [-0.05, 0) is 62.2 Å². The van der Waals surface area contributed by atoms with Crippen molar-refractivity contribution in [2.45, 2.75) is 116 Å². The molecule has 0 radical (unpaired) electrons. The lowest BCUT2D eigenvalue weighted by molar-refractivity contribution is -0.137. The number of ether oxygens (including phenoxy) is 1. The van der Waals surface area contributed by atoms with Crippen LogP contribution in [-0.4, -0.2) is 35.4 Å². The van der Waals surface area contributed by atoms with Crippen LogP contribution in [0.2, 0.25) is 0 Å². The zero-order valence-corrected chi connectivity index (χ0v) is 18.1. The van der Waals surface area contributed by atoms with Crippen LogP contribution >= 0.6 is 0 Å². The van der Waals surface area contributed by atoms with Crippen LogP contribution in [0.3, 0.4) is 0 Å². The zero-order chi connectivity index (χ0) is 20.9. The molecule has 5 heteroatoms. The average molecular weight is 399 g/mol. The molecule has 164 valence electrons. The van der Waals surface area contributed by atoms with Gasteiger partial charge in [-0.15, -0.1) is 0 Å². The van der Waals surface area contributed by atoms with Gasteiger partial charge in [0.1, 0.15) is 0 Å². The Hall–Kier alpha value is -1.10. The fourth-order valence-electron chi connectivity index (χ4n) is 4.04. The molecular formula is C23H42O5. The van der Waals surface area contributed by atoms with Crippen LogP contribution in [0.1, 0.15) is 110 Å². The lowest BCUT2D eigenvalue weighted by Crippen LogP contribution is -2.14. The molecule has 0 aliphatic heterocycles. The molecule has 1 aliphatic carbocycles. The van der Waals surface area contributed by atoms with Crippen LogP contribution in [0.4, 0.5) is 0 Å². The predicted octanol–water partition coefficient (Wildman–Crippen LogP) is 5.48. The summed E-state index contributed by atoms with van der Waals surface area (Å²) in [5.41, 5.74) is 0.537. The van der Waals surface area contributed by atoms with E-state index in [0.29, 0.717) is 24.9 Å². The molecule has 0 heterocycles. The summed E-state index contributed by atoms with van der Waals surface area (Å²) >= 11 is 0. The Balaban J connectivity index is 1.95. The topological polar surface area (TPSA) is 83.8 Å². The number of carboxylic acids is 1. The van der Waals surface area contributed by atoms with E-state index in [1.54, 1.807) is 0 Å². The minimum absolute atomic E-state index is 0.184. The fourth-order valence-corrected chi connectivity index (χ4v) is 4.04. The first-order valence-corrected chi connectivity index (χ1v) is 11.2. The third-order valence-corrected chi connectivity index (χ3v) is 6.43. The zero-order valence-electron chi connectivity index (χ0n) is 18.1. The number of hydrogen-bond donors (Lipinski definition) is 2. The van der Waals surface area contributed by atoms with E-state index in [9.17, 15) is 14.7 Å². The maximum absolute atomic E-state index is 10.7. The Bertz CT molecular complexity index is 442. The SMILES string of the molecule is CC(C)(CCCCCC(O)CCCCCC1(CCC(=O)O)CC1)CCOC=O. The second-order valence-electron chi connectivity index (χ2n) is 9.63. The summed E-state index contributed by atoms with van der Waals surface area (Å²) in [4.78, 5) is 20.9. The molecule has 0 saturated heterocycles. The van der Waals surface area contributed by atoms with Crippen molar-refractivity contribution >= 4 is 12.4 Å². The molecule has 0 bridgehead atoms. The number of aliphatic carboxylic acids is 1. The number of rotatable bonds is 19. The molecule has 1 unspecified atom stereocenters. The lowest BCUT2D eigenvalue weighted by Gasteiger charge is -2.24. The summed E-state index contributed by atoms with van der Waals surface area (Å²) < 4.78 is 4.79. The first kappa shape index (κ1) is 24.9. The highest BCUT2D eigenvalue weighted by Crippen LogP contribution is 2.53. The minimum atomic E-state index is -0.676. The van der Waals surface area contributed by atoms with Crippen molar-refractivity contribution in [3.8, 4) is 0 Å². The number of aliphatic hydroxyl groups is 1. The molecule has 28 heavy (non-hydrogen) atoms. The first-order chi connectivity index (χ1) is 13.3. The second-order valence-corrected chi connectivity index (χ2v) is 9.63. The highest BCUT2D eigenvalue weighted by molar-refractivity contribution is 5.66. The molecule has 0 amide bonds. The minimum Gasteiger partial charge on any atom is -0.481 e. The molecule has 0 aromatic carbocycles. The molecule has 0 aromatic rings.